The van der Waals surface area contributed by atoms with E-state index < -0.39 is 7.81 Å². The normalized spacial score (nSPS) is 14.7. The van der Waals surface area contributed by atoms with Crippen LogP contribution in [0.2, 0.25) is 5.02 Å². The minimum absolute atomic E-state index is 0. The standard InChI is InChI=1S/C14H21ClN2S.BrH.F6P/c1-11-16(8-5-9-17(2,3)4)13-10-12(15)6-7-14(13)18-11;;1-7(2,3,4,5)6/h6-7,10H,5,8-9H2,1-4H3;1H;/q+2;;-1/p-1. The second-order valence-corrected chi connectivity index (χ2v) is 10.3. The van der Waals surface area contributed by atoms with Gasteiger partial charge < -0.3 is 21.5 Å². The summed E-state index contributed by atoms with van der Waals surface area (Å²) in [4.78, 5) is 0. The second kappa shape index (κ2) is 7.70. The summed E-state index contributed by atoms with van der Waals surface area (Å²) in [5, 5.41) is 2.18. The minimum Gasteiger partial charge on any atom is -1.00 e. The van der Waals surface area contributed by atoms with Crippen LogP contribution >= 0.6 is 30.7 Å². The van der Waals surface area contributed by atoms with E-state index in [-0.39, 0.29) is 17.0 Å². The van der Waals surface area contributed by atoms with Crippen molar-refractivity contribution in [2.75, 3.05) is 27.7 Å². The molecule has 2 nitrogen and oxygen atoms in total. The molecule has 1 aromatic carbocycles. The molecule has 1 heterocycles. The van der Waals surface area contributed by atoms with E-state index in [9.17, 15) is 25.2 Å². The van der Waals surface area contributed by atoms with E-state index in [0.29, 0.717) is 0 Å². The third kappa shape index (κ3) is 12.3. The predicted octanol–water partition coefficient (Wildman–Crippen LogP) is 3.63. The average Bonchev–Trinajstić information content (AvgIpc) is 2.60. The van der Waals surface area contributed by atoms with Gasteiger partial charge in [-0.2, -0.15) is 4.57 Å². The Morgan fingerprint density at radius 1 is 1.08 bits per heavy atom. The van der Waals surface area contributed by atoms with E-state index in [2.05, 4.69) is 44.8 Å². The van der Waals surface area contributed by atoms with E-state index in [1.165, 1.54) is 28.2 Å². The van der Waals surface area contributed by atoms with Gasteiger partial charge in [-0.05, 0) is 12.1 Å². The van der Waals surface area contributed by atoms with E-state index in [0.717, 1.165) is 16.1 Å². The number of nitrogens with zero attached hydrogens (tertiary/aromatic N) is 2. The Balaban J connectivity index is 0.000000673. The van der Waals surface area contributed by atoms with Crippen LogP contribution in [0.25, 0.3) is 10.2 Å². The summed E-state index contributed by atoms with van der Waals surface area (Å²) in [7, 11) is -3.95. The number of thiazole rings is 1. The molecule has 0 atom stereocenters. The first kappa shape index (κ1) is 25.9. The van der Waals surface area contributed by atoms with Crippen molar-refractivity contribution in [2.24, 2.45) is 0 Å². The van der Waals surface area contributed by atoms with E-state index in [1.54, 1.807) is 0 Å². The minimum atomic E-state index is -10.7. The number of rotatable bonds is 4. The zero-order valence-corrected chi connectivity index (χ0v) is 18.7. The Morgan fingerprint density at radius 3 is 2.04 bits per heavy atom. The van der Waals surface area contributed by atoms with Crippen molar-refractivity contribution in [3.05, 3.63) is 28.2 Å². The van der Waals surface area contributed by atoms with Crippen molar-refractivity contribution in [3.63, 3.8) is 0 Å². The van der Waals surface area contributed by atoms with Crippen LogP contribution in [0.5, 0.6) is 0 Å². The molecule has 1 aromatic heterocycles. The van der Waals surface area contributed by atoms with Gasteiger partial charge in [0.15, 0.2) is 6.54 Å². The van der Waals surface area contributed by atoms with Gasteiger partial charge in [-0.1, -0.05) is 22.9 Å². The van der Waals surface area contributed by atoms with Crippen LogP contribution in [0, 0.1) is 6.92 Å². The Labute approximate surface area is 168 Å². The first-order valence-corrected chi connectivity index (χ1v) is 10.5. The Morgan fingerprint density at radius 2 is 1.58 bits per heavy atom. The van der Waals surface area contributed by atoms with Gasteiger partial charge in [-0.25, -0.2) is 0 Å². The molecule has 26 heavy (non-hydrogen) atoms. The molecule has 0 amide bonds. The molecule has 0 N–H and O–H groups in total. The van der Waals surface area contributed by atoms with Crippen molar-refractivity contribution in [3.8, 4) is 0 Å². The van der Waals surface area contributed by atoms with Crippen LogP contribution in [0.15, 0.2) is 18.2 Å². The number of benzene rings is 1. The summed E-state index contributed by atoms with van der Waals surface area (Å²) >= 11 is 7.94. The molecular weight excluding hydrogens is 489 g/mol. The number of hydrogen-bond acceptors (Lipinski definition) is 1. The molecule has 0 saturated carbocycles. The zero-order chi connectivity index (χ0) is 19.7. The van der Waals surface area contributed by atoms with E-state index in [4.69, 9.17) is 11.6 Å². The first-order chi connectivity index (χ1) is 10.8. The largest absolute Gasteiger partial charge is 1.00 e. The van der Waals surface area contributed by atoms with Gasteiger partial charge in [0.2, 0.25) is 10.5 Å². The van der Waals surface area contributed by atoms with Crippen molar-refractivity contribution in [1.82, 2.24) is 0 Å². The van der Waals surface area contributed by atoms with Gasteiger partial charge in [0.1, 0.15) is 4.70 Å². The molecule has 0 aliphatic rings. The molecule has 12 heteroatoms. The monoisotopic (exact) mass is 508 g/mol. The molecule has 154 valence electrons. The van der Waals surface area contributed by atoms with Crippen LogP contribution in [-0.2, 0) is 6.54 Å². The molecule has 0 aliphatic heterocycles. The smallest absolute Gasteiger partial charge is 1.00 e. The zero-order valence-electron chi connectivity index (χ0n) is 14.6. The summed E-state index contributed by atoms with van der Waals surface area (Å²) in [6.45, 7) is 4.44. The Bertz CT molecular complexity index is 747. The summed E-state index contributed by atoms with van der Waals surface area (Å²) in [5.74, 6) is 0. The van der Waals surface area contributed by atoms with Crippen LogP contribution in [0.3, 0.4) is 0 Å². The number of aryl methyl sites for hydroxylation is 2. The van der Waals surface area contributed by atoms with Crippen LogP contribution in [-0.4, -0.2) is 32.2 Å². The molecule has 0 saturated heterocycles. The fraction of sp³-hybridized carbons (Fsp3) is 0.500. The fourth-order valence-electron chi connectivity index (χ4n) is 2.15. The van der Waals surface area contributed by atoms with Crippen LogP contribution < -0.4 is 21.5 Å². The van der Waals surface area contributed by atoms with Crippen molar-refractivity contribution >= 4 is 41.0 Å². The number of aromatic nitrogens is 1. The molecule has 0 radical (unpaired) electrons. The van der Waals surface area contributed by atoms with Gasteiger partial charge in [-0.15, -0.1) is 0 Å². The van der Waals surface area contributed by atoms with Gasteiger partial charge >= 0.3 is 33.0 Å². The van der Waals surface area contributed by atoms with Gasteiger partial charge in [0.05, 0.1) is 34.1 Å². The number of hydrogen-bond donors (Lipinski definition) is 0. The van der Waals surface area contributed by atoms with E-state index in [1.807, 2.05) is 17.4 Å². The van der Waals surface area contributed by atoms with Gasteiger partial charge in [0.25, 0.3) is 0 Å². The molecule has 0 bridgehead atoms. The average molecular weight is 510 g/mol. The molecule has 2 aromatic rings. The molecule has 0 spiro atoms. The third-order valence-electron chi connectivity index (χ3n) is 3.06. The van der Waals surface area contributed by atoms with Crippen molar-refractivity contribution in [2.45, 2.75) is 19.9 Å². The maximum Gasteiger partial charge on any atom is -1.00 e. The number of fused-ring (bicyclic) bond motifs is 1. The quantitative estimate of drug-likeness (QED) is 0.257. The SMILES string of the molecule is Cc1sc2ccc(Cl)cc2[n+]1CCC[N+](C)(C)C.F[P-](F)(F)(F)(F)F.[Br-]. The maximum absolute atomic E-state index is 10.7. The topological polar surface area (TPSA) is 3.88 Å². The van der Waals surface area contributed by atoms with E-state index >= 15 is 0 Å². The molecule has 0 fully saturated rings. The van der Waals surface area contributed by atoms with Gasteiger partial charge in [-0.3, -0.25) is 0 Å². The predicted molar refractivity (Wildman–Crippen MR) is 92.9 cm³/mol. The molecular formula is C14H21BrClF6N2PS. The third-order valence-corrected chi connectivity index (χ3v) is 4.38. The van der Waals surface area contributed by atoms with Crippen molar-refractivity contribution in [1.29, 1.82) is 0 Å². The summed E-state index contributed by atoms with van der Waals surface area (Å²) < 4.78 is 63.9. The van der Waals surface area contributed by atoms with Gasteiger partial charge in [0, 0.05) is 18.0 Å². The van der Waals surface area contributed by atoms with Crippen LogP contribution in [0.1, 0.15) is 11.4 Å². The molecule has 0 aliphatic carbocycles. The van der Waals surface area contributed by atoms with Crippen molar-refractivity contribution < 1.29 is 51.2 Å². The fourth-order valence-corrected chi connectivity index (χ4v) is 3.35. The Hall–Kier alpha value is -0.150. The number of quaternary nitrogens is 1. The Kier molecular flexibility index (Phi) is 7.65. The molecule has 2 rings (SSSR count). The summed E-state index contributed by atoms with van der Waals surface area (Å²) in [5.41, 5.74) is 1.27. The van der Waals surface area contributed by atoms with Crippen LogP contribution in [0.4, 0.5) is 25.2 Å². The first-order valence-electron chi connectivity index (χ1n) is 7.27. The summed E-state index contributed by atoms with van der Waals surface area (Å²) in [6.07, 6.45) is 1.19. The maximum atomic E-state index is 9.87. The second-order valence-electron chi connectivity index (χ2n) is 6.71. The molecule has 0 unspecified atom stereocenters. The summed E-state index contributed by atoms with van der Waals surface area (Å²) in [6, 6.07) is 6.16. The number of halogens is 8.